The van der Waals surface area contributed by atoms with Gasteiger partial charge in [0.1, 0.15) is 0 Å². The van der Waals surface area contributed by atoms with Crippen LogP contribution in [0.1, 0.15) is 12.5 Å². The molecule has 4 heteroatoms. The van der Waals surface area contributed by atoms with Crippen LogP contribution in [0.5, 0.6) is 0 Å². The molecule has 0 saturated carbocycles. The Morgan fingerprint density at radius 3 is 2.82 bits per heavy atom. The SMILES string of the molecule is C/C(=C\C(=O)O)c1cncc(-c2ccc3ncccc3c2)c1. The first kappa shape index (κ1) is 13.9. The fourth-order valence-electron chi connectivity index (χ4n) is 2.34. The number of hydrogen-bond acceptors (Lipinski definition) is 3. The van der Waals surface area contributed by atoms with E-state index in [1.165, 1.54) is 6.08 Å². The van der Waals surface area contributed by atoms with Gasteiger partial charge in [-0.15, -0.1) is 0 Å². The van der Waals surface area contributed by atoms with Gasteiger partial charge >= 0.3 is 5.97 Å². The largest absolute Gasteiger partial charge is 0.478 e. The first-order valence-electron chi connectivity index (χ1n) is 6.85. The maximum atomic E-state index is 10.8. The Kier molecular flexibility index (Phi) is 3.66. The van der Waals surface area contributed by atoms with Gasteiger partial charge in [-0.2, -0.15) is 0 Å². The predicted octanol–water partition coefficient (Wildman–Crippen LogP) is 3.78. The van der Waals surface area contributed by atoms with E-state index in [0.29, 0.717) is 5.57 Å². The smallest absolute Gasteiger partial charge is 0.328 e. The van der Waals surface area contributed by atoms with Crippen LogP contribution in [0, 0.1) is 0 Å². The number of carbonyl (C=O) groups is 1. The molecule has 3 aromatic rings. The molecule has 0 fully saturated rings. The Morgan fingerprint density at radius 1 is 1.14 bits per heavy atom. The van der Waals surface area contributed by atoms with E-state index < -0.39 is 5.97 Å². The van der Waals surface area contributed by atoms with Gasteiger partial charge in [0.15, 0.2) is 0 Å². The molecule has 0 amide bonds. The summed E-state index contributed by atoms with van der Waals surface area (Å²) in [6, 6.07) is 11.9. The molecule has 0 bridgehead atoms. The van der Waals surface area contributed by atoms with Gasteiger partial charge < -0.3 is 5.11 Å². The van der Waals surface area contributed by atoms with Crippen molar-refractivity contribution in [1.29, 1.82) is 0 Å². The molecule has 22 heavy (non-hydrogen) atoms. The van der Waals surface area contributed by atoms with E-state index in [4.69, 9.17) is 5.11 Å². The number of fused-ring (bicyclic) bond motifs is 1. The molecule has 1 aromatic carbocycles. The number of hydrogen-bond donors (Lipinski definition) is 1. The predicted molar refractivity (Wildman–Crippen MR) is 86.3 cm³/mol. The van der Waals surface area contributed by atoms with Crippen molar-refractivity contribution in [3.05, 3.63) is 66.6 Å². The lowest BCUT2D eigenvalue weighted by atomic mass is 10.0. The molecule has 0 unspecified atom stereocenters. The zero-order valence-corrected chi connectivity index (χ0v) is 12.0. The van der Waals surface area contributed by atoms with Crippen LogP contribution in [-0.2, 0) is 4.79 Å². The lowest BCUT2D eigenvalue weighted by Gasteiger charge is -2.06. The molecule has 0 aliphatic carbocycles. The van der Waals surface area contributed by atoms with Crippen LogP contribution in [0.3, 0.4) is 0 Å². The Morgan fingerprint density at radius 2 is 2.00 bits per heavy atom. The van der Waals surface area contributed by atoms with Crippen molar-refractivity contribution in [2.24, 2.45) is 0 Å². The molecule has 0 aliphatic rings. The van der Waals surface area contributed by atoms with Gasteiger partial charge in [-0.25, -0.2) is 4.79 Å². The number of rotatable bonds is 3. The molecule has 0 saturated heterocycles. The van der Waals surface area contributed by atoms with E-state index >= 15 is 0 Å². The van der Waals surface area contributed by atoms with Gasteiger partial charge in [0, 0.05) is 35.6 Å². The molecule has 2 heterocycles. The van der Waals surface area contributed by atoms with E-state index in [2.05, 4.69) is 16.0 Å². The molecule has 0 aliphatic heterocycles. The number of carboxylic acids is 1. The maximum absolute atomic E-state index is 10.8. The summed E-state index contributed by atoms with van der Waals surface area (Å²) in [6.07, 6.45) is 6.39. The van der Waals surface area contributed by atoms with Crippen molar-refractivity contribution < 1.29 is 9.90 Å². The summed E-state index contributed by atoms with van der Waals surface area (Å²) in [6.45, 7) is 1.76. The number of carboxylic acid groups (broad SMARTS) is 1. The number of pyridine rings is 2. The number of benzene rings is 1. The van der Waals surface area contributed by atoms with Crippen LogP contribution in [0.25, 0.3) is 27.6 Å². The summed E-state index contributed by atoms with van der Waals surface area (Å²) in [5.74, 6) is -0.959. The number of aromatic nitrogens is 2. The minimum atomic E-state index is -0.959. The van der Waals surface area contributed by atoms with Crippen LogP contribution in [0.15, 0.2) is 61.1 Å². The van der Waals surface area contributed by atoms with E-state index in [1.54, 1.807) is 25.5 Å². The van der Waals surface area contributed by atoms with Crippen molar-refractivity contribution in [3.63, 3.8) is 0 Å². The molecule has 4 nitrogen and oxygen atoms in total. The van der Waals surface area contributed by atoms with E-state index in [9.17, 15) is 4.79 Å². The van der Waals surface area contributed by atoms with Gasteiger partial charge in [0.25, 0.3) is 0 Å². The van der Waals surface area contributed by atoms with Gasteiger partial charge in [0.2, 0.25) is 0 Å². The second kappa shape index (κ2) is 5.77. The Labute approximate surface area is 127 Å². The highest BCUT2D eigenvalue weighted by atomic mass is 16.4. The summed E-state index contributed by atoms with van der Waals surface area (Å²) in [7, 11) is 0. The van der Waals surface area contributed by atoms with Gasteiger partial charge in [-0.3, -0.25) is 9.97 Å². The lowest BCUT2D eigenvalue weighted by molar-refractivity contribution is -0.131. The van der Waals surface area contributed by atoms with Crippen LogP contribution in [-0.4, -0.2) is 21.0 Å². The molecule has 0 spiro atoms. The Bertz CT molecular complexity index is 885. The van der Waals surface area contributed by atoms with Crippen LogP contribution in [0.2, 0.25) is 0 Å². The molecule has 108 valence electrons. The molecule has 3 rings (SSSR count). The van der Waals surface area contributed by atoms with Crippen molar-refractivity contribution in [3.8, 4) is 11.1 Å². The van der Waals surface area contributed by atoms with Crippen molar-refractivity contribution in [2.45, 2.75) is 6.92 Å². The Hall–Kier alpha value is -3.01. The zero-order chi connectivity index (χ0) is 15.5. The fraction of sp³-hybridized carbons (Fsp3) is 0.0556. The van der Waals surface area contributed by atoms with Crippen molar-refractivity contribution >= 4 is 22.4 Å². The average Bonchev–Trinajstić information content (AvgIpc) is 2.54. The topological polar surface area (TPSA) is 63.1 Å². The van der Waals surface area contributed by atoms with E-state index in [0.717, 1.165) is 27.6 Å². The first-order chi connectivity index (χ1) is 10.6. The molecular weight excluding hydrogens is 276 g/mol. The second-order valence-electron chi connectivity index (χ2n) is 5.04. The van der Waals surface area contributed by atoms with Crippen LogP contribution in [0.4, 0.5) is 0 Å². The summed E-state index contributed by atoms with van der Waals surface area (Å²) >= 11 is 0. The van der Waals surface area contributed by atoms with Gasteiger partial charge in [0.05, 0.1) is 5.52 Å². The molecular formula is C18H14N2O2. The summed E-state index contributed by atoms with van der Waals surface area (Å²) in [5, 5.41) is 9.90. The Balaban J connectivity index is 2.05. The van der Waals surface area contributed by atoms with Gasteiger partial charge in [-0.05, 0) is 47.9 Å². The quantitative estimate of drug-likeness (QED) is 0.745. The highest BCUT2D eigenvalue weighted by Crippen LogP contribution is 2.25. The monoisotopic (exact) mass is 290 g/mol. The standard InChI is InChI=1S/C18H14N2O2/c1-12(7-18(21)22)15-9-16(11-19-10-15)13-4-5-17-14(8-13)3-2-6-20-17/h2-11H,1H3,(H,21,22)/b12-7+. The first-order valence-corrected chi connectivity index (χ1v) is 6.85. The molecule has 0 radical (unpaired) electrons. The van der Waals surface area contributed by atoms with Crippen LogP contribution >= 0.6 is 0 Å². The maximum Gasteiger partial charge on any atom is 0.328 e. The van der Waals surface area contributed by atoms with Crippen molar-refractivity contribution in [2.75, 3.05) is 0 Å². The molecule has 1 N–H and O–H groups in total. The van der Waals surface area contributed by atoms with E-state index in [-0.39, 0.29) is 0 Å². The van der Waals surface area contributed by atoms with Gasteiger partial charge in [-0.1, -0.05) is 12.1 Å². The van der Waals surface area contributed by atoms with E-state index in [1.807, 2.05) is 30.3 Å². The third-order valence-corrected chi connectivity index (χ3v) is 3.47. The minimum absolute atomic E-state index is 0.671. The second-order valence-corrected chi connectivity index (χ2v) is 5.04. The highest BCUT2D eigenvalue weighted by molar-refractivity contribution is 5.90. The fourth-order valence-corrected chi connectivity index (χ4v) is 2.34. The number of nitrogens with zero attached hydrogens (tertiary/aromatic N) is 2. The molecule has 2 aromatic heterocycles. The van der Waals surface area contributed by atoms with Crippen LogP contribution < -0.4 is 0 Å². The summed E-state index contributed by atoms with van der Waals surface area (Å²) in [5.41, 5.74) is 4.38. The minimum Gasteiger partial charge on any atom is -0.478 e. The third-order valence-electron chi connectivity index (χ3n) is 3.47. The van der Waals surface area contributed by atoms with Crippen molar-refractivity contribution in [1.82, 2.24) is 9.97 Å². The highest BCUT2D eigenvalue weighted by Gasteiger charge is 2.04. The normalized spacial score (nSPS) is 11.6. The molecule has 0 atom stereocenters. The summed E-state index contributed by atoms with van der Waals surface area (Å²) in [4.78, 5) is 19.3. The lowest BCUT2D eigenvalue weighted by Crippen LogP contribution is -1.91. The zero-order valence-electron chi connectivity index (χ0n) is 12.0. The number of aliphatic carboxylic acids is 1. The average molecular weight is 290 g/mol. The summed E-state index contributed by atoms with van der Waals surface area (Å²) < 4.78 is 0. The third kappa shape index (κ3) is 2.86. The number of allylic oxidation sites excluding steroid dienone is 1.